The van der Waals surface area contributed by atoms with Gasteiger partial charge in [0.25, 0.3) is 5.91 Å². The molecular weight excluding hydrogens is 294 g/mol. The molecule has 0 radical (unpaired) electrons. The van der Waals surface area contributed by atoms with E-state index >= 15 is 0 Å². The number of carbonyl (C=O) groups excluding carboxylic acids is 1. The molecule has 5 nitrogen and oxygen atoms in total. The normalized spacial score (nSPS) is 13.5. The Labute approximate surface area is 135 Å². The van der Waals surface area contributed by atoms with Gasteiger partial charge in [-0.05, 0) is 37.1 Å². The maximum atomic E-state index is 12.3. The van der Waals surface area contributed by atoms with Gasteiger partial charge in [0, 0.05) is 11.8 Å². The lowest BCUT2D eigenvalue weighted by Crippen LogP contribution is -2.30. The smallest absolute Gasteiger partial charge is 0.265 e. The van der Waals surface area contributed by atoms with Crippen molar-refractivity contribution >= 4 is 11.6 Å². The summed E-state index contributed by atoms with van der Waals surface area (Å²) in [5.74, 6) is 1.84. The molecule has 2 aromatic rings. The molecule has 0 saturated heterocycles. The van der Waals surface area contributed by atoms with Gasteiger partial charge in [-0.15, -0.1) is 0 Å². The number of anilines is 1. The van der Waals surface area contributed by atoms with Crippen LogP contribution in [0, 0.1) is 0 Å². The van der Waals surface area contributed by atoms with Crippen LogP contribution in [0.25, 0.3) is 0 Å². The van der Waals surface area contributed by atoms with Gasteiger partial charge < -0.3 is 19.5 Å². The van der Waals surface area contributed by atoms with Crippen LogP contribution in [0.4, 0.5) is 5.69 Å². The maximum Gasteiger partial charge on any atom is 0.265 e. The minimum Gasteiger partial charge on any atom is -0.481 e. The summed E-state index contributed by atoms with van der Waals surface area (Å²) in [6, 6.07) is 13.0. The highest BCUT2D eigenvalue weighted by molar-refractivity contribution is 5.94. The molecule has 120 valence electrons. The molecule has 5 heteroatoms. The molecule has 1 amide bonds. The number of para-hydroxylation sites is 1. The Kier molecular flexibility index (Phi) is 4.37. The Balaban J connectivity index is 1.66. The molecule has 0 aliphatic carbocycles. The van der Waals surface area contributed by atoms with Crippen LogP contribution in [0.5, 0.6) is 17.2 Å². The van der Waals surface area contributed by atoms with Crippen LogP contribution in [0.3, 0.4) is 0 Å². The summed E-state index contributed by atoms with van der Waals surface area (Å²) in [4.78, 5) is 12.3. The second-order valence-electron chi connectivity index (χ2n) is 5.28. The van der Waals surface area contributed by atoms with Crippen LogP contribution in [-0.2, 0) is 11.2 Å². The maximum absolute atomic E-state index is 12.3. The number of ether oxygens (including phenoxy) is 3. The number of aryl methyl sites for hydroxylation is 1. The van der Waals surface area contributed by atoms with Crippen molar-refractivity contribution in [1.82, 2.24) is 0 Å². The van der Waals surface area contributed by atoms with E-state index in [2.05, 4.69) is 12.2 Å². The summed E-state index contributed by atoms with van der Waals surface area (Å²) in [6.45, 7) is 3.99. The van der Waals surface area contributed by atoms with Crippen LogP contribution < -0.4 is 19.5 Å². The number of carbonyl (C=O) groups is 1. The summed E-state index contributed by atoms with van der Waals surface area (Å²) >= 11 is 0. The van der Waals surface area contributed by atoms with Crippen molar-refractivity contribution in [1.29, 1.82) is 0 Å². The van der Waals surface area contributed by atoms with Crippen LogP contribution in [0.2, 0.25) is 0 Å². The van der Waals surface area contributed by atoms with Crippen molar-refractivity contribution in [3.05, 3.63) is 48.0 Å². The van der Waals surface area contributed by atoms with Crippen molar-refractivity contribution in [3.63, 3.8) is 0 Å². The Hall–Kier alpha value is -2.69. The lowest BCUT2D eigenvalue weighted by atomic mass is 10.1. The molecule has 0 spiro atoms. The Morgan fingerprint density at radius 1 is 1.22 bits per heavy atom. The average molecular weight is 313 g/mol. The monoisotopic (exact) mass is 313 g/mol. The van der Waals surface area contributed by atoms with E-state index < -0.39 is 6.10 Å². The fraction of sp³-hybridized carbons (Fsp3) is 0.278. The van der Waals surface area contributed by atoms with Crippen LogP contribution >= 0.6 is 0 Å². The lowest BCUT2D eigenvalue weighted by molar-refractivity contribution is -0.122. The first-order valence-electron chi connectivity index (χ1n) is 7.62. The zero-order chi connectivity index (χ0) is 16.2. The molecule has 0 fully saturated rings. The second kappa shape index (κ2) is 6.60. The fourth-order valence-electron chi connectivity index (χ4n) is 2.37. The van der Waals surface area contributed by atoms with E-state index in [1.54, 1.807) is 25.1 Å². The topological polar surface area (TPSA) is 56.8 Å². The van der Waals surface area contributed by atoms with Crippen LogP contribution in [0.1, 0.15) is 19.4 Å². The largest absolute Gasteiger partial charge is 0.481 e. The molecule has 1 N–H and O–H groups in total. The SMILES string of the molecule is CCc1ccccc1OC(C)C(=O)Nc1ccc2c(c1)OCO2. The molecule has 0 bridgehead atoms. The molecule has 1 aliphatic rings. The van der Waals surface area contributed by atoms with Gasteiger partial charge in [-0.3, -0.25) is 4.79 Å². The van der Waals surface area contributed by atoms with E-state index in [4.69, 9.17) is 14.2 Å². The lowest BCUT2D eigenvalue weighted by Gasteiger charge is -2.17. The van der Waals surface area contributed by atoms with Gasteiger partial charge >= 0.3 is 0 Å². The van der Waals surface area contributed by atoms with Crippen LogP contribution in [0.15, 0.2) is 42.5 Å². The van der Waals surface area contributed by atoms with Gasteiger partial charge in [-0.25, -0.2) is 0 Å². The third kappa shape index (κ3) is 3.39. The molecule has 1 aliphatic heterocycles. The molecule has 1 heterocycles. The third-order valence-electron chi connectivity index (χ3n) is 3.67. The zero-order valence-electron chi connectivity index (χ0n) is 13.2. The van der Waals surface area contributed by atoms with Gasteiger partial charge in [-0.1, -0.05) is 25.1 Å². The van der Waals surface area contributed by atoms with Crippen molar-refractivity contribution in [2.45, 2.75) is 26.4 Å². The number of benzene rings is 2. The number of nitrogens with one attached hydrogen (secondary N) is 1. The summed E-state index contributed by atoms with van der Waals surface area (Å²) in [5, 5.41) is 2.83. The predicted octanol–water partition coefficient (Wildman–Crippen LogP) is 3.38. The highest BCUT2D eigenvalue weighted by atomic mass is 16.7. The van der Waals surface area contributed by atoms with Crippen molar-refractivity contribution in [2.75, 3.05) is 12.1 Å². The molecular formula is C18H19NO4. The van der Waals surface area contributed by atoms with Gasteiger partial charge in [0.1, 0.15) is 5.75 Å². The molecule has 3 rings (SSSR count). The quantitative estimate of drug-likeness (QED) is 0.919. The summed E-state index contributed by atoms with van der Waals surface area (Å²) < 4.78 is 16.3. The van der Waals surface area contributed by atoms with Gasteiger partial charge in [-0.2, -0.15) is 0 Å². The Morgan fingerprint density at radius 2 is 2.00 bits per heavy atom. The van der Waals surface area contributed by atoms with E-state index in [1.165, 1.54) is 0 Å². The highest BCUT2D eigenvalue weighted by Crippen LogP contribution is 2.34. The average Bonchev–Trinajstić information content (AvgIpc) is 3.03. The first-order chi connectivity index (χ1) is 11.2. The van der Waals surface area contributed by atoms with E-state index in [9.17, 15) is 4.79 Å². The van der Waals surface area contributed by atoms with Crippen molar-refractivity contribution in [2.24, 2.45) is 0 Å². The first-order valence-corrected chi connectivity index (χ1v) is 7.62. The Morgan fingerprint density at radius 3 is 2.83 bits per heavy atom. The first kappa shape index (κ1) is 15.2. The highest BCUT2D eigenvalue weighted by Gasteiger charge is 2.18. The number of amides is 1. The molecule has 2 aromatic carbocycles. The summed E-state index contributed by atoms with van der Waals surface area (Å²) in [5.41, 5.74) is 1.73. The van der Waals surface area contributed by atoms with Gasteiger partial charge in [0.2, 0.25) is 6.79 Å². The minimum absolute atomic E-state index is 0.208. The molecule has 0 aromatic heterocycles. The van der Waals surface area contributed by atoms with E-state index in [0.717, 1.165) is 17.7 Å². The van der Waals surface area contributed by atoms with Gasteiger partial charge in [0.15, 0.2) is 17.6 Å². The molecule has 23 heavy (non-hydrogen) atoms. The number of fused-ring (bicyclic) bond motifs is 1. The van der Waals surface area contributed by atoms with Crippen LogP contribution in [-0.4, -0.2) is 18.8 Å². The van der Waals surface area contributed by atoms with E-state index in [-0.39, 0.29) is 12.7 Å². The van der Waals surface area contributed by atoms with Crippen molar-refractivity contribution in [3.8, 4) is 17.2 Å². The predicted molar refractivity (Wildman–Crippen MR) is 87.1 cm³/mol. The number of hydrogen-bond donors (Lipinski definition) is 1. The van der Waals surface area contributed by atoms with E-state index in [0.29, 0.717) is 17.2 Å². The fourth-order valence-corrected chi connectivity index (χ4v) is 2.37. The molecule has 0 saturated carbocycles. The summed E-state index contributed by atoms with van der Waals surface area (Å²) in [7, 11) is 0. The zero-order valence-corrected chi connectivity index (χ0v) is 13.2. The van der Waals surface area contributed by atoms with E-state index in [1.807, 2.05) is 24.3 Å². The number of rotatable bonds is 5. The van der Waals surface area contributed by atoms with Gasteiger partial charge in [0.05, 0.1) is 0 Å². The standard InChI is InChI=1S/C18H19NO4/c1-3-13-6-4-5-7-15(13)23-12(2)18(20)19-14-8-9-16-17(10-14)22-11-21-16/h4-10,12H,3,11H2,1-2H3,(H,19,20). The van der Waals surface area contributed by atoms with Crippen molar-refractivity contribution < 1.29 is 19.0 Å². The minimum atomic E-state index is -0.604. The molecule has 1 atom stereocenters. The Bertz CT molecular complexity index is 714. The third-order valence-corrected chi connectivity index (χ3v) is 3.67. The molecule has 1 unspecified atom stereocenters. The second-order valence-corrected chi connectivity index (χ2v) is 5.28. The summed E-state index contributed by atoms with van der Waals surface area (Å²) in [6.07, 6.45) is 0.250. The number of hydrogen-bond acceptors (Lipinski definition) is 4.